The monoisotopic (exact) mass is 288 g/mol. The highest BCUT2D eigenvalue weighted by Gasteiger charge is 2.30. The molecular formula is C18H28N2O. The van der Waals surface area contributed by atoms with Crippen LogP contribution in [0.5, 0.6) is 5.75 Å². The summed E-state index contributed by atoms with van der Waals surface area (Å²) >= 11 is 0. The van der Waals surface area contributed by atoms with E-state index in [9.17, 15) is 0 Å². The lowest BCUT2D eigenvalue weighted by atomic mass is 9.78. The zero-order valence-electron chi connectivity index (χ0n) is 13.3. The molecule has 1 aromatic carbocycles. The third-order valence-electron chi connectivity index (χ3n) is 5.11. The van der Waals surface area contributed by atoms with Gasteiger partial charge in [-0.05, 0) is 56.7 Å². The lowest BCUT2D eigenvalue weighted by Crippen LogP contribution is -2.44. The zero-order valence-corrected chi connectivity index (χ0v) is 13.3. The van der Waals surface area contributed by atoms with Crippen molar-refractivity contribution < 1.29 is 4.74 Å². The molecule has 0 amide bonds. The van der Waals surface area contributed by atoms with Gasteiger partial charge in [-0.2, -0.15) is 0 Å². The number of ether oxygens (including phenoxy) is 1. The van der Waals surface area contributed by atoms with Crippen LogP contribution in [0.4, 0.5) is 5.69 Å². The molecular weight excluding hydrogens is 260 g/mol. The third-order valence-corrected chi connectivity index (χ3v) is 5.11. The predicted molar refractivity (Wildman–Crippen MR) is 88.1 cm³/mol. The van der Waals surface area contributed by atoms with Crippen molar-refractivity contribution in [2.24, 2.45) is 11.8 Å². The lowest BCUT2D eigenvalue weighted by Gasteiger charge is -2.38. The number of anilines is 1. The van der Waals surface area contributed by atoms with Crippen LogP contribution in [0, 0.1) is 11.8 Å². The molecule has 1 N–H and O–H groups in total. The van der Waals surface area contributed by atoms with Crippen LogP contribution in [-0.4, -0.2) is 32.8 Å². The van der Waals surface area contributed by atoms with E-state index >= 15 is 0 Å². The van der Waals surface area contributed by atoms with Gasteiger partial charge in [0.1, 0.15) is 5.75 Å². The molecule has 3 atom stereocenters. The summed E-state index contributed by atoms with van der Waals surface area (Å²) in [7, 11) is 2.12. The maximum atomic E-state index is 5.88. The first-order chi connectivity index (χ1) is 10.3. The Labute approximate surface area is 128 Å². The zero-order chi connectivity index (χ0) is 14.7. The van der Waals surface area contributed by atoms with Crippen LogP contribution < -0.4 is 15.0 Å². The largest absolute Gasteiger partial charge is 0.491 e. The molecule has 116 valence electrons. The van der Waals surface area contributed by atoms with Crippen molar-refractivity contribution in [1.82, 2.24) is 5.32 Å². The second kappa shape index (κ2) is 6.69. The van der Waals surface area contributed by atoms with Crippen molar-refractivity contribution in [3.05, 3.63) is 24.3 Å². The summed E-state index contributed by atoms with van der Waals surface area (Å²) in [5.74, 6) is 2.66. The number of nitrogens with one attached hydrogen (secondary N) is 1. The van der Waals surface area contributed by atoms with Crippen molar-refractivity contribution in [3.63, 3.8) is 0 Å². The predicted octanol–water partition coefficient (Wildman–Crippen LogP) is 3.30. The molecule has 21 heavy (non-hydrogen) atoms. The van der Waals surface area contributed by atoms with Crippen molar-refractivity contribution in [1.29, 1.82) is 0 Å². The summed E-state index contributed by atoms with van der Waals surface area (Å²) in [6, 6.07) is 9.17. The molecule has 1 saturated carbocycles. The number of fused-ring (bicyclic) bond motifs is 1. The second-order valence-electron chi connectivity index (χ2n) is 6.69. The molecule has 3 heteroatoms. The summed E-state index contributed by atoms with van der Waals surface area (Å²) in [6.45, 7) is 5.50. The van der Waals surface area contributed by atoms with Crippen LogP contribution in [0.1, 0.15) is 32.6 Å². The van der Waals surface area contributed by atoms with E-state index in [4.69, 9.17) is 4.74 Å². The van der Waals surface area contributed by atoms with Gasteiger partial charge in [0.25, 0.3) is 0 Å². The Hall–Kier alpha value is -1.22. The molecule has 1 aromatic rings. The van der Waals surface area contributed by atoms with E-state index in [0.717, 1.165) is 43.7 Å². The Balaban J connectivity index is 1.76. The van der Waals surface area contributed by atoms with E-state index in [1.165, 1.54) is 24.9 Å². The topological polar surface area (TPSA) is 24.5 Å². The number of benzene rings is 1. The highest BCUT2D eigenvalue weighted by atomic mass is 16.5. The van der Waals surface area contributed by atoms with Crippen LogP contribution >= 0.6 is 0 Å². The molecule has 3 rings (SSSR count). The molecule has 0 bridgehead atoms. The summed E-state index contributed by atoms with van der Waals surface area (Å²) in [5.41, 5.74) is 1.28. The van der Waals surface area contributed by atoms with Crippen molar-refractivity contribution >= 4 is 5.69 Å². The molecule has 1 fully saturated rings. The molecule has 1 aliphatic carbocycles. The maximum Gasteiger partial charge on any atom is 0.142 e. The minimum atomic E-state index is 0.664. The molecule has 0 aromatic heterocycles. The summed E-state index contributed by atoms with van der Waals surface area (Å²) in [6.07, 6.45) is 5.13. The Morgan fingerprint density at radius 2 is 2.14 bits per heavy atom. The fraction of sp³-hybridized carbons (Fsp3) is 0.667. The van der Waals surface area contributed by atoms with Crippen molar-refractivity contribution in [2.45, 2.75) is 38.6 Å². The van der Waals surface area contributed by atoms with Crippen LogP contribution in [-0.2, 0) is 0 Å². The smallest absolute Gasteiger partial charge is 0.142 e. The number of para-hydroxylation sites is 2. The first-order valence-corrected chi connectivity index (χ1v) is 8.42. The molecule has 3 nitrogen and oxygen atoms in total. The minimum absolute atomic E-state index is 0.664. The Kier molecular flexibility index (Phi) is 4.69. The lowest BCUT2D eigenvalue weighted by molar-refractivity contribution is 0.223. The summed E-state index contributed by atoms with van der Waals surface area (Å²) < 4.78 is 5.88. The van der Waals surface area contributed by atoms with Gasteiger partial charge in [-0.1, -0.05) is 19.1 Å². The van der Waals surface area contributed by atoms with E-state index in [-0.39, 0.29) is 0 Å². The number of hydrogen-bond donors (Lipinski definition) is 1. The Morgan fingerprint density at radius 3 is 3.00 bits per heavy atom. The molecule has 0 spiro atoms. The fourth-order valence-corrected chi connectivity index (χ4v) is 3.95. The summed E-state index contributed by atoms with van der Waals surface area (Å²) in [4.78, 5) is 2.55. The van der Waals surface area contributed by atoms with Gasteiger partial charge in [0.2, 0.25) is 0 Å². The van der Waals surface area contributed by atoms with Crippen LogP contribution in [0.2, 0.25) is 0 Å². The Morgan fingerprint density at radius 1 is 1.29 bits per heavy atom. The summed E-state index contributed by atoms with van der Waals surface area (Å²) in [5, 5.41) is 3.55. The van der Waals surface area contributed by atoms with E-state index in [1.54, 1.807) is 0 Å². The van der Waals surface area contributed by atoms with Crippen molar-refractivity contribution in [3.8, 4) is 5.75 Å². The van der Waals surface area contributed by atoms with E-state index in [1.807, 2.05) is 0 Å². The van der Waals surface area contributed by atoms with Crippen LogP contribution in [0.3, 0.4) is 0 Å². The maximum absolute atomic E-state index is 5.88. The average molecular weight is 288 g/mol. The molecule has 1 heterocycles. The average Bonchev–Trinajstić information content (AvgIpc) is 2.70. The van der Waals surface area contributed by atoms with Gasteiger partial charge in [0.15, 0.2) is 0 Å². The van der Waals surface area contributed by atoms with Crippen molar-refractivity contribution in [2.75, 3.05) is 31.6 Å². The normalized spacial score (nSPS) is 29.4. The second-order valence-corrected chi connectivity index (χ2v) is 6.69. The first-order valence-electron chi connectivity index (χ1n) is 8.42. The molecule has 1 aliphatic heterocycles. The molecule has 0 radical (unpaired) electrons. The fourth-order valence-electron chi connectivity index (χ4n) is 3.95. The number of rotatable bonds is 3. The molecule has 0 saturated heterocycles. The van der Waals surface area contributed by atoms with Crippen LogP contribution in [0.25, 0.3) is 0 Å². The Bertz CT molecular complexity index is 462. The first kappa shape index (κ1) is 14.7. The molecule has 2 aliphatic rings. The van der Waals surface area contributed by atoms with Gasteiger partial charge in [-0.25, -0.2) is 0 Å². The SMILES string of the molecule is CNC1CCC(C)CC1CN1CCCOc2ccccc21. The van der Waals surface area contributed by atoms with E-state index in [0.29, 0.717) is 6.04 Å². The van der Waals surface area contributed by atoms with Gasteiger partial charge in [-0.15, -0.1) is 0 Å². The minimum Gasteiger partial charge on any atom is -0.491 e. The number of nitrogens with zero attached hydrogens (tertiary/aromatic N) is 1. The van der Waals surface area contributed by atoms with Crippen LogP contribution in [0.15, 0.2) is 24.3 Å². The van der Waals surface area contributed by atoms with Gasteiger partial charge >= 0.3 is 0 Å². The highest BCUT2D eigenvalue weighted by molar-refractivity contribution is 5.59. The van der Waals surface area contributed by atoms with Gasteiger partial charge in [0.05, 0.1) is 12.3 Å². The standard InChI is InChI=1S/C18H28N2O/c1-14-8-9-16(19-2)15(12-14)13-20-10-5-11-21-18-7-4-3-6-17(18)20/h3-4,6-7,14-16,19H,5,8-13H2,1-2H3. The van der Waals surface area contributed by atoms with E-state index in [2.05, 4.69) is 48.5 Å². The number of hydrogen-bond acceptors (Lipinski definition) is 3. The van der Waals surface area contributed by atoms with Gasteiger partial charge < -0.3 is 15.0 Å². The van der Waals surface area contributed by atoms with Gasteiger partial charge in [-0.3, -0.25) is 0 Å². The quantitative estimate of drug-likeness (QED) is 0.923. The molecule has 3 unspecified atom stereocenters. The third kappa shape index (κ3) is 3.34. The van der Waals surface area contributed by atoms with E-state index < -0.39 is 0 Å². The van der Waals surface area contributed by atoms with Gasteiger partial charge in [0, 0.05) is 19.1 Å². The highest BCUT2D eigenvalue weighted by Crippen LogP contribution is 2.34.